The summed E-state index contributed by atoms with van der Waals surface area (Å²) in [7, 11) is 0. The number of nitrogens with zero attached hydrogens (tertiary/aromatic N) is 1. The highest BCUT2D eigenvalue weighted by atomic mass is 16.5. The van der Waals surface area contributed by atoms with Gasteiger partial charge < -0.3 is 10.1 Å². The van der Waals surface area contributed by atoms with Crippen LogP contribution < -0.4 is 5.32 Å². The fourth-order valence-corrected chi connectivity index (χ4v) is 1.75. The predicted molar refractivity (Wildman–Crippen MR) is 55.0 cm³/mol. The average Bonchev–Trinajstić information content (AvgIpc) is 2.72. The van der Waals surface area contributed by atoms with Crippen molar-refractivity contribution in [2.24, 2.45) is 0 Å². The maximum Gasteiger partial charge on any atom is 0.0802 e. The van der Waals surface area contributed by atoms with Gasteiger partial charge in [-0.25, -0.2) is 0 Å². The SMILES string of the molecule is C[C@@H](O[C@H]1CCNC1)c1ccncc1. The smallest absolute Gasteiger partial charge is 0.0802 e. The van der Waals surface area contributed by atoms with Crippen LogP contribution in [0.1, 0.15) is 25.0 Å². The van der Waals surface area contributed by atoms with Gasteiger partial charge in [-0.1, -0.05) is 0 Å². The molecule has 0 spiro atoms. The number of pyridine rings is 1. The first-order valence-corrected chi connectivity index (χ1v) is 5.12. The summed E-state index contributed by atoms with van der Waals surface area (Å²) in [5.41, 5.74) is 1.20. The monoisotopic (exact) mass is 192 g/mol. The van der Waals surface area contributed by atoms with Gasteiger partial charge in [-0.15, -0.1) is 0 Å². The molecule has 1 fully saturated rings. The molecule has 0 saturated carbocycles. The molecule has 1 aliphatic rings. The maximum absolute atomic E-state index is 5.91. The van der Waals surface area contributed by atoms with Crippen molar-refractivity contribution in [3.63, 3.8) is 0 Å². The van der Waals surface area contributed by atoms with E-state index < -0.39 is 0 Å². The molecule has 2 heterocycles. The van der Waals surface area contributed by atoms with Gasteiger partial charge in [-0.3, -0.25) is 4.98 Å². The van der Waals surface area contributed by atoms with E-state index in [0.29, 0.717) is 6.10 Å². The number of ether oxygens (including phenoxy) is 1. The van der Waals surface area contributed by atoms with Gasteiger partial charge in [-0.2, -0.15) is 0 Å². The summed E-state index contributed by atoms with van der Waals surface area (Å²) in [5, 5.41) is 3.29. The Morgan fingerprint density at radius 1 is 1.50 bits per heavy atom. The van der Waals surface area contributed by atoms with E-state index >= 15 is 0 Å². The molecule has 1 aliphatic heterocycles. The highest BCUT2D eigenvalue weighted by Gasteiger charge is 2.18. The van der Waals surface area contributed by atoms with Crippen molar-refractivity contribution in [3.8, 4) is 0 Å². The van der Waals surface area contributed by atoms with Crippen LogP contribution in [0.25, 0.3) is 0 Å². The highest BCUT2D eigenvalue weighted by Crippen LogP contribution is 2.19. The summed E-state index contributed by atoms with van der Waals surface area (Å²) in [6.45, 7) is 4.15. The second-order valence-electron chi connectivity index (χ2n) is 3.67. The summed E-state index contributed by atoms with van der Waals surface area (Å²) in [6.07, 6.45) is 5.28. The molecule has 0 aromatic carbocycles. The van der Waals surface area contributed by atoms with Crippen LogP contribution in [0.5, 0.6) is 0 Å². The lowest BCUT2D eigenvalue weighted by Gasteiger charge is -2.17. The molecule has 1 aromatic heterocycles. The summed E-state index contributed by atoms with van der Waals surface area (Å²) < 4.78 is 5.91. The third-order valence-corrected chi connectivity index (χ3v) is 2.59. The molecule has 0 aliphatic carbocycles. The quantitative estimate of drug-likeness (QED) is 0.788. The topological polar surface area (TPSA) is 34.1 Å². The first-order chi connectivity index (χ1) is 6.86. The van der Waals surface area contributed by atoms with Gasteiger partial charge in [0.15, 0.2) is 0 Å². The molecule has 0 radical (unpaired) electrons. The lowest BCUT2D eigenvalue weighted by molar-refractivity contribution is 0.00825. The number of hydrogen-bond donors (Lipinski definition) is 1. The number of rotatable bonds is 3. The Kier molecular flexibility index (Phi) is 3.11. The Bertz CT molecular complexity index is 270. The van der Waals surface area contributed by atoms with Crippen LogP contribution in [0.4, 0.5) is 0 Å². The molecule has 0 bridgehead atoms. The fraction of sp³-hybridized carbons (Fsp3) is 0.545. The van der Waals surface area contributed by atoms with Gasteiger partial charge in [0, 0.05) is 18.9 Å². The van der Waals surface area contributed by atoms with Gasteiger partial charge >= 0.3 is 0 Å². The minimum absolute atomic E-state index is 0.169. The molecule has 3 heteroatoms. The van der Waals surface area contributed by atoms with Crippen molar-refractivity contribution in [1.82, 2.24) is 10.3 Å². The van der Waals surface area contributed by atoms with E-state index in [9.17, 15) is 0 Å². The standard InChI is InChI=1S/C11H16N2O/c1-9(10-2-5-12-6-3-10)14-11-4-7-13-8-11/h2-3,5-6,9,11,13H,4,7-8H2,1H3/t9-,11+/m1/s1. The molecule has 2 rings (SSSR count). The van der Waals surface area contributed by atoms with Crippen molar-refractivity contribution in [3.05, 3.63) is 30.1 Å². The third-order valence-electron chi connectivity index (χ3n) is 2.59. The van der Waals surface area contributed by atoms with E-state index in [0.717, 1.165) is 19.5 Å². The second-order valence-corrected chi connectivity index (χ2v) is 3.67. The molecule has 1 aromatic rings. The lowest BCUT2D eigenvalue weighted by atomic mass is 10.1. The predicted octanol–water partition coefficient (Wildman–Crippen LogP) is 1.52. The van der Waals surface area contributed by atoms with Gasteiger partial charge in [0.05, 0.1) is 12.2 Å². The zero-order valence-electron chi connectivity index (χ0n) is 8.44. The second kappa shape index (κ2) is 4.53. The molecule has 76 valence electrons. The van der Waals surface area contributed by atoms with Crippen molar-refractivity contribution in [1.29, 1.82) is 0 Å². The van der Waals surface area contributed by atoms with E-state index in [1.54, 1.807) is 0 Å². The summed E-state index contributed by atoms with van der Waals surface area (Å²) in [4.78, 5) is 3.99. The number of hydrogen-bond acceptors (Lipinski definition) is 3. The van der Waals surface area contributed by atoms with E-state index in [-0.39, 0.29) is 6.10 Å². The van der Waals surface area contributed by atoms with Crippen LogP contribution >= 0.6 is 0 Å². The Labute approximate surface area is 84.5 Å². The van der Waals surface area contributed by atoms with Gasteiger partial charge in [0.1, 0.15) is 0 Å². The molecule has 1 saturated heterocycles. The number of nitrogens with one attached hydrogen (secondary N) is 1. The maximum atomic E-state index is 5.91. The van der Waals surface area contributed by atoms with E-state index in [1.165, 1.54) is 5.56 Å². The minimum Gasteiger partial charge on any atom is -0.369 e. The molecule has 1 N–H and O–H groups in total. The normalized spacial score (nSPS) is 23.6. The van der Waals surface area contributed by atoms with Crippen LogP contribution in [0, 0.1) is 0 Å². The Hall–Kier alpha value is -0.930. The first-order valence-electron chi connectivity index (χ1n) is 5.12. The lowest BCUT2D eigenvalue weighted by Crippen LogP contribution is -2.18. The number of aromatic nitrogens is 1. The molecule has 14 heavy (non-hydrogen) atoms. The zero-order valence-corrected chi connectivity index (χ0v) is 8.44. The molecular formula is C11H16N2O. The molecule has 2 atom stereocenters. The fourth-order valence-electron chi connectivity index (χ4n) is 1.75. The average molecular weight is 192 g/mol. The largest absolute Gasteiger partial charge is 0.369 e. The van der Waals surface area contributed by atoms with Crippen molar-refractivity contribution >= 4 is 0 Å². The van der Waals surface area contributed by atoms with Crippen molar-refractivity contribution < 1.29 is 4.74 Å². The van der Waals surface area contributed by atoms with Gasteiger partial charge in [0.2, 0.25) is 0 Å². The Balaban J connectivity index is 1.92. The summed E-state index contributed by atoms with van der Waals surface area (Å²) in [6, 6.07) is 4.01. The van der Waals surface area contributed by atoms with Crippen LogP contribution in [0.2, 0.25) is 0 Å². The van der Waals surface area contributed by atoms with E-state index in [2.05, 4.69) is 17.2 Å². The first kappa shape index (κ1) is 9.62. The zero-order chi connectivity index (χ0) is 9.80. The minimum atomic E-state index is 0.169. The Morgan fingerprint density at radius 2 is 2.29 bits per heavy atom. The van der Waals surface area contributed by atoms with E-state index in [4.69, 9.17) is 4.74 Å². The molecule has 0 unspecified atom stereocenters. The highest BCUT2D eigenvalue weighted by molar-refractivity contribution is 5.12. The molecule has 0 amide bonds. The van der Waals surface area contributed by atoms with Crippen LogP contribution in [-0.2, 0) is 4.74 Å². The van der Waals surface area contributed by atoms with Crippen LogP contribution in [0.3, 0.4) is 0 Å². The molecular weight excluding hydrogens is 176 g/mol. The van der Waals surface area contributed by atoms with Crippen molar-refractivity contribution in [2.45, 2.75) is 25.6 Å². The van der Waals surface area contributed by atoms with Gasteiger partial charge in [0.25, 0.3) is 0 Å². The van der Waals surface area contributed by atoms with Crippen molar-refractivity contribution in [2.75, 3.05) is 13.1 Å². The van der Waals surface area contributed by atoms with Crippen LogP contribution in [0.15, 0.2) is 24.5 Å². The van der Waals surface area contributed by atoms with E-state index in [1.807, 2.05) is 24.5 Å². The Morgan fingerprint density at radius 3 is 2.93 bits per heavy atom. The van der Waals surface area contributed by atoms with Crippen LogP contribution in [-0.4, -0.2) is 24.2 Å². The van der Waals surface area contributed by atoms with Gasteiger partial charge in [-0.05, 0) is 37.6 Å². The summed E-state index contributed by atoms with van der Waals surface area (Å²) in [5.74, 6) is 0. The third kappa shape index (κ3) is 2.30. The summed E-state index contributed by atoms with van der Waals surface area (Å²) >= 11 is 0. The molecule has 3 nitrogen and oxygen atoms in total.